The largest absolute Gasteiger partial charge is 0.355 e. The third kappa shape index (κ3) is 4.02. The van der Waals surface area contributed by atoms with Gasteiger partial charge in [-0.25, -0.2) is 0 Å². The SMILES string of the molecule is Cc1nnsc1C(=O)N1CCN(c2ccc(N3CCCCCC3)nn2)CC1. The maximum absolute atomic E-state index is 12.6. The minimum absolute atomic E-state index is 0.0322. The minimum atomic E-state index is 0.0322. The number of aromatic nitrogens is 4. The van der Waals surface area contributed by atoms with E-state index in [2.05, 4.69) is 41.7 Å². The fourth-order valence-electron chi connectivity index (χ4n) is 3.67. The monoisotopic (exact) mass is 387 g/mol. The molecule has 0 radical (unpaired) electrons. The van der Waals surface area contributed by atoms with Crippen molar-refractivity contribution in [3.8, 4) is 0 Å². The molecule has 0 spiro atoms. The van der Waals surface area contributed by atoms with Gasteiger partial charge in [-0.1, -0.05) is 17.3 Å². The Bertz CT molecular complexity index is 762. The average Bonchev–Trinajstić information content (AvgIpc) is 2.97. The minimum Gasteiger partial charge on any atom is -0.355 e. The Kier molecular flexibility index (Phi) is 5.47. The highest BCUT2D eigenvalue weighted by atomic mass is 32.1. The van der Waals surface area contributed by atoms with E-state index in [9.17, 15) is 4.79 Å². The number of aryl methyl sites for hydroxylation is 1. The van der Waals surface area contributed by atoms with E-state index in [-0.39, 0.29) is 5.91 Å². The zero-order valence-corrected chi connectivity index (χ0v) is 16.5. The van der Waals surface area contributed by atoms with Crippen molar-refractivity contribution in [2.45, 2.75) is 32.6 Å². The first-order valence-electron chi connectivity index (χ1n) is 9.64. The molecule has 0 bridgehead atoms. The van der Waals surface area contributed by atoms with Crippen LogP contribution in [0.1, 0.15) is 41.0 Å². The van der Waals surface area contributed by atoms with Crippen LogP contribution >= 0.6 is 11.5 Å². The third-order valence-corrected chi connectivity index (χ3v) is 6.12. The van der Waals surface area contributed by atoms with Crippen LogP contribution in [0.5, 0.6) is 0 Å². The lowest BCUT2D eigenvalue weighted by molar-refractivity contribution is 0.0750. The van der Waals surface area contributed by atoms with Gasteiger partial charge in [0.15, 0.2) is 11.6 Å². The summed E-state index contributed by atoms with van der Waals surface area (Å²) in [7, 11) is 0. The number of carbonyl (C=O) groups excluding carboxylic acids is 1. The van der Waals surface area contributed by atoms with Gasteiger partial charge in [0, 0.05) is 39.3 Å². The predicted octanol–water partition coefficient (Wildman–Crippen LogP) is 1.98. The summed E-state index contributed by atoms with van der Waals surface area (Å²) in [6.07, 6.45) is 5.08. The molecule has 2 aliphatic heterocycles. The molecule has 27 heavy (non-hydrogen) atoms. The van der Waals surface area contributed by atoms with Gasteiger partial charge in [-0.05, 0) is 43.4 Å². The predicted molar refractivity (Wildman–Crippen MR) is 105 cm³/mol. The molecule has 9 heteroatoms. The number of nitrogens with zero attached hydrogens (tertiary/aromatic N) is 7. The van der Waals surface area contributed by atoms with E-state index in [0.717, 1.165) is 37.8 Å². The second-order valence-corrected chi connectivity index (χ2v) is 7.87. The van der Waals surface area contributed by atoms with Crippen molar-refractivity contribution in [1.82, 2.24) is 24.7 Å². The molecular formula is C18H25N7OS. The molecule has 4 heterocycles. The first-order chi connectivity index (χ1) is 13.2. The molecule has 2 saturated heterocycles. The third-order valence-electron chi connectivity index (χ3n) is 5.30. The maximum Gasteiger partial charge on any atom is 0.267 e. The number of anilines is 2. The normalized spacial score (nSPS) is 18.5. The molecule has 0 aromatic carbocycles. The lowest BCUT2D eigenvalue weighted by Gasteiger charge is -2.35. The van der Waals surface area contributed by atoms with Gasteiger partial charge in [0.1, 0.15) is 4.88 Å². The first-order valence-corrected chi connectivity index (χ1v) is 10.4. The number of hydrogen-bond acceptors (Lipinski definition) is 8. The molecule has 0 aliphatic carbocycles. The zero-order chi connectivity index (χ0) is 18.6. The van der Waals surface area contributed by atoms with Crippen molar-refractivity contribution in [1.29, 1.82) is 0 Å². The van der Waals surface area contributed by atoms with E-state index >= 15 is 0 Å². The van der Waals surface area contributed by atoms with Gasteiger partial charge in [0.05, 0.1) is 5.69 Å². The van der Waals surface area contributed by atoms with Crippen LogP contribution < -0.4 is 9.80 Å². The van der Waals surface area contributed by atoms with Crippen molar-refractivity contribution < 1.29 is 4.79 Å². The quantitative estimate of drug-likeness (QED) is 0.797. The Hall–Kier alpha value is -2.29. The average molecular weight is 388 g/mol. The molecule has 1 amide bonds. The van der Waals surface area contributed by atoms with E-state index in [1.54, 1.807) is 0 Å². The lowest BCUT2D eigenvalue weighted by atomic mass is 10.2. The molecular weight excluding hydrogens is 362 g/mol. The number of hydrogen-bond donors (Lipinski definition) is 0. The highest BCUT2D eigenvalue weighted by Gasteiger charge is 2.25. The molecule has 2 fully saturated rings. The summed E-state index contributed by atoms with van der Waals surface area (Å²) in [5.41, 5.74) is 0.711. The van der Waals surface area contributed by atoms with E-state index < -0.39 is 0 Å². The summed E-state index contributed by atoms with van der Waals surface area (Å²) in [6, 6.07) is 4.14. The molecule has 8 nitrogen and oxygen atoms in total. The van der Waals surface area contributed by atoms with E-state index in [1.165, 1.54) is 37.2 Å². The summed E-state index contributed by atoms with van der Waals surface area (Å²) >= 11 is 1.17. The van der Waals surface area contributed by atoms with Gasteiger partial charge in [0.25, 0.3) is 5.91 Å². The van der Waals surface area contributed by atoms with Gasteiger partial charge in [0.2, 0.25) is 0 Å². The lowest BCUT2D eigenvalue weighted by Crippen LogP contribution is -2.49. The van der Waals surface area contributed by atoms with Crippen molar-refractivity contribution in [3.63, 3.8) is 0 Å². The van der Waals surface area contributed by atoms with Crippen molar-refractivity contribution in [2.75, 3.05) is 49.1 Å². The summed E-state index contributed by atoms with van der Waals surface area (Å²) in [5.74, 6) is 1.89. The topological polar surface area (TPSA) is 78.4 Å². The Morgan fingerprint density at radius 1 is 0.852 bits per heavy atom. The molecule has 4 rings (SSSR count). The smallest absolute Gasteiger partial charge is 0.267 e. The van der Waals surface area contributed by atoms with Gasteiger partial charge < -0.3 is 14.7 Å². The van der Waals surface area contributed by atoms with Crippen LogP contribution in [0.4, 0.5) is 11.6 Å². The van der Waals surface area contributed by atoms with E-state index in [4.69, 9.17) is 0 Å². The second-order valence-electron chi connectivity index (χ2n) is 7.12. The fraction of sp³-hybridized carbons (Fsp3) is 0.611. The van der Waals surface area contributed by atoms with Crippen LogP contribution in [0, 0.1) is 6.92 Å². The van der Waals surface area contributed by atoms with Crippen LogP contribution in [-0.2, 0) is 0 Å². The Balaban J connectivity index is 1.35. The van der Waals surface area contributed by atoms with Gasteiger partial charge in [-0.2, -0.15) is 0 Å². The molecule has 2 aliphatic rings. The van der Waals surface area contributed by atoms with Crippen LogP contribution in [-0.4, -0.2) is 69.9 Å². The van der Waals surface area contributed by atoms with Gasteiger partial charge in [-0.3, -0.25) is 4.79 Å². The molecule has 0 saturated carbocycles. The maximum atomic E-state index is 12.6. The summed E-state index contributed by atoms with van der Waals surface area (Å²) < 4.78 is 3.86. The number of carbonyl (C=O) groups is 1. The highest BCUT2D eigenvalue weighted by molar-refractivity contribution is 7.07. The molecule has 2 aromatic rings. The highest BCUT2D eigenvalue weighted by Crippen LogP contribution is 2.20. The first kappa shape index (κ1) is 18.1. The Morgan fingerprint density at radius 3 is 1.96 bits per heavy atom. The number of rotatable bonds is 3. The molecule has 0 atom stereocenters. The van der Waals surface area contributed by atoms with Gasteiger partial charge in [-0.15, -0.1) is 15.3 Å². The van der Waals surface area contributed by atoms with Gasteiger partial charge >= 0.3 is 0 Å². The van der Waals surface area contributed by atoms with Crippen LogP contribution in [0.15, 0.2) is 12.1 Å². The van der Waals surface area contributed by atoms with Crippen molar-refractivity contribution >= 4 is 29.1 Å². The van der Waals surface area contributed by atoms with Crippen LogP contribution in [0.3, 0.4) is 0 Å². The van der Waals surface area contributed by atoms with E-state index in [1.807, 2.05) is 11.8 Å². The molecule has 2 aromatic heterocycles. The molecule has 0 unspecified atom stereocenters. The van der Waals surface area contributed by atoms with E-state index in [0.29, 0.717) is 23.7 Å². The second kappa shape index (κ2) is 8.16. The summed E-state index contributed by atoms with van der Waals surface area (Å²) in [6.45, 7) is 6.83. The number of amides is 1. The van der Waals surface area contributed by atoms with Crippen molar-refractivity contribution in [2.24, 2.45) is 0 Å². The number of piperazine rings is 1. The van der Waals surface area contributed by atoms with Crippen LogP contribution in [0.25, 0.3) is 0 Å². The van der Waals surface area contributed by atoms with Crippen LogP contribution in [0.2, 0.25) is 0 Å². The zero-order valence-electron chi connectivity index (χ0n) is 15.7. The summed E-state index contributed by atoms with van der Waals surface area (Å²) in [4.78, 5) is 19.6. The standard InChI is InChI=1S/C18H25N7OS/c1-14-17(27-22-19-14)18(26)25-12-10-24(11-13-25)16-7-6-15(20-21-16)23-8-4-2-3-5-9-23/h6-7H,2-5,8-13H2,1H3. The van der Waals surface area contributed by atoms with Crippen molar-refractivity contribution in [3.05, 3.63) is 22.7 Å². The molecule has 0 N–H and O–H groups in total. The Morgan fingerprint density at radius 2 is 1.44 bits per heavy atom. The Labute approximate surface area is 163 Å². The fourth-order valence-corrected chi connectivity index (χ4v) is 4.29. The summed E-state index contributed by atoms with van der Waals surface area (Å²) in [5, 5.41) is 12.9. The molecule has 144 valence electrons.